The lowest BCUT2D eigenvalue weighted by molar-refractivity contribution is -0.141. The van der Waals surface area contributed by atoms with Gasteiger partial charge in [0.15, 0.2) is 5.82 Å². The molecule has 2 aromatic carbocycles. The monoisotopic (exact) mass is 435 g/mol. The van der Waals surface area contributed by atoms with Crippen LogP contribution < -0.4 is 0 Å². The predicted octanol–water partition coefficient (Wildman–Crippen LogP) is 5.90. The van der Waals surface area contributed by atoms with Crippen molar-refractivity contribution in [1.29, 1.82) is 0 Å². The highest BCUT2D eigenvalue weighted by Crippen LogP contribution is 2.33. The van der Waals surface area contributed by atoms with Crippen molar-refractivity contribution >= 4 is 5.97 Å². The third-order valence-electron chi connectivity index (χ3n) is 4.90. The topological polar surface area (TPSA) is 76.0 Å². The van der Waals surface area contributed by atoms with Crippen LogP contribution in [-0.4, -0.2) is 26.0 Å². The van der Waals surface area contributed by atoms with Gasteiger partial charge in [0.1, 0.15) is 5.69 Å². The highest BCUT2D eigenvalue weighted by Gasteiger charge is 2.34. The van der Waals surface area contributed by atoms with Crippen molar-refractivity contribution in [3.8, 4) is 33.8 Å². The third-order valence-corrected chi connectivity index (χ3v) is 4.90. The minimum atomic E-state index is -4.65. The number of pyridine rings is 1. The van der Waals surface area contributed by atoms with Crippen LogP contribution >= 0.6 is 0 Å². The van der Waals surface area contributed by atoms with Crippen LogP contribution in [0, 0.1) is 6.92 Å². The Balaban J connectivity index is 1.84. The average Bonchev–Trinajstić information content (AvgIpc) is 2.79. The number of nitrogens with zero attached hydrogens (tertiary/aromatic N) is 3. The van der Waals surface area contributed by atoms with Gasteiger partial charge in [-0.2, -0.15) is 13.2 Å². The molecule has 32 heavy (non-hydrogen) atoms. The fourth-order valence-electron chi connectivity index (χ4n) is 3.25. The number of rotatable bonds is 4. The van der Waals surface area contributed by atoms with E-state index in [4.69, 9.17) is 0 Å². The summed E-state index contributed by atoms with van der Waals surface area (Å²) in [6.07, 6.45) is -1.70. The van der Waals surface area contributed by atoms with Crippen LogP contribution in [0.4, 0.5) is 13.2 Å². The first-order valence-electron chi connectivity index (χ1n) is 9.54. The molecule has 4 rings (SSSR count). The summed E-state index contributed by atoms with van der Waals surface area (Å²) in [5, 5.41) is 9.38. The molecule has 160 valence electrons. The summed E-state index contributed by atoms with van der Waals surface area (Å²) in [5.74, 6) is -1.14. The zero-order valence-electron chi connectivity index (χ0n) is 16.8. The number of carboxylic acids is 1. The molecule has 0 fully saturated rings. The molecule has 8 heteroatoms. The number of alkyl halides is 3. The van der Waals surface area contributed by atoms with E-state index in [2.05, 4.69) is 15.0 Å². The zero-order chi connectivity index (χ0) is 22.9. The first kappa shape index (κ1) is 21.2. The number of carbonyl (C=O) groups is 1. The molecule has 5 nitrogen and oxygen atoms in total. The van der Waals surface area contributed by atoms with E-state index in [1.54, 1.807) is 55.5 Å². The van der Waals surface area contributed by atoms with Gasteiger partial charge in [-0.05, 0) is 53.9 Å². The Labute approximate surface area is 181 Å². The number of carboxylic acid groups (broad SMARTS) is 1. The van der Waals surface area contributed by atoms with Gasteiger partial charge in [-0.15, -0.1) is 0 Å². The lowest BCUT2D eigenvalue weighted by Gasteiger charge is -2.12. The van der Waals surface area contributed by atoms with Gasteiger partial charge in [0.25, 0.3) is 0 Å². The standard InChI is InChI=1S/C24H16F3N3O2/c1-14-7-8-16(11-19(14)23(31)32)15-4-2-5-17(10-15)22-29-20(18-6-3-9-28-13-18)12-21(30-22)24(25,26)27/h2-13H,1H3,(H,31,32). The molecule has 0 saturated heterocycles. The first-order chi connectivity index (χ1) is 15.2. The maximum Gasteiger partial charge on any atom is 0.433 e. The molecule has 0 aliphatic rings. The Morgan fingerprint density at radius 2 is 1.59 bits per heavy atom. The average molecular weight is 435 g/mol. The Morgan fingerprint density at radius 1 is 0.875 bits per heavy atom. The lowest BCUT2D eigenvalue weighted by Crippen LogP contribution is -2.10. The molecule has 0 amide bonds. The quantitative estimate of drug-likeness (QED) is 0.432. The fraction of sp³-hybridized carbons (Fsp3) is 0.0833. The number of hydrogen-bond acceptors (Lipinski definition) is 4. The van der Waals surface area contributed by atoms with E-state index in [9.17, 15) is 23.1 Å². The molecule has 4 aromatic rings. The van der Waals surface area contributed by atoms with Gasteiger partial charge in [-0.3, -0.25) is 4.98 Å². The fourth-order valence-corrected chi connectivity index (χ4v) is 3.25. The van der Waals surface area contributed by atoms with Crippen molar-refractivity contribution in [3.63, 3.8) is 0 Å². The number of hydrogen-bond donors (Lipinski definition) is 1. The highest BCUT2D eigenvalue weighted by molar-refractivity contribution is 5.91. The van der Waals surface area contributed by atoms with Crippen LogP contribution in [0.1, 0.15) is 21.6 Å². The van der Waals surface area contributed by atoms with Gasteiger partial charge in [-0.1, -0.05) is 30.3 Å². The Bertz CT molecular complexity index is 1310. The Hall–Kier alpha value is -4.07. The molecule has 0 spiro atoms. The highest BCUT2D eigenvalue weighted by atomic mass is 19.4. The SMILES string of the molecule is Cc1ccc(-c2cccc(-c3nc(-c4cccnc4)cc(C(F)(F)F)n3)c2)cc1C(=O)O. The van der Waals surface area contributed by atoms with E-state index in [-0.39, 0.29) is 17.1 Å². The van der Waals surface area contributed by atoms with E-state index in [1.807, 2.05) is 0 Å². The predicted molar refractivity (Wildman–Crippen MR) is 113 cm³/mol. The van der Waals surface area contributed by atoms with E-state index in [0.29, 0.717) is 27.8 Å². The van der Waals surface area contributed by atoms with E-state index >= 15 is 0 Å². The van der Waals surface area contributed by atoms with Crippen LogP contribution in [0.3, 0.4) is 0 Å². The molecule has 0 bridgehead atoms. The maximum absolute atomic E-state index is 13.5. The summed E-state index contributed by atoms with van der Waals surface area (Å²) >= 11 is 0. The van der Waals surface area contributed by atoms with Gasteiger partial charge in [0.2, 0.25) is 0 Å². The van der Waals surface area contributed by atoms with Gasteiger partial charge in [0.05, 0.1) is 11.3 Å². The summed E-state index contributed by atoms with van der Waals surface area (Å²) in [6, 6.07) is 15.8. The zero-order valence-corrected chi connectivity index (χ0v) is 16.8. The number of halogens is 3. The largest absolute Gasteiger partial charge is 0.478 e. The molecule has 0 radical (unpaired) electrons. The van der Waals surface area contributed by atoms with Crippen molar-refractivity contribution in [2.45, 2.75) is 13.1 Å². The molecule has 0 aliphatic heterocycles. The molecular formula is C24H16F3N3O2. The molecule has 2 heterocycles. The number of aromatic nitrogens is 3. The van der Waals surface area contributed by atoms with Crippen molar-refractivity contribution < 1.29 is 23.1 Å². The summed E-state index contributed by atoms with van der Waals surface area (Å²) < 4.78 is 40.6. The molecule has 0 unspecified atom stereocenters. The second-order valence-corrected chi connectivity index (χ2v) is 7.12. The number of benzene rings is 2. The summed E-state index contributed by atoms with van der Waals surface area (Å²) in [6.45, 7) is 1.69. The summed E-state index contributed by atoms with van der Waals surface area (Å²) in [7, 11) is 0. The maximum atomic E-state index is 13.5. The van der Waals surface area contributed by atoms with Crippen molar-refractivity contribution in [3.05, 3.63) is 89.9 Å². The van der Waals surface area contributed by atoms with Crippen molar-refractivity contribution in [2.24, 2.45) is 0 Å². The normalized spacial score (nSPS) is 11.4. The minimum Gasteiger partial charge on any atom is -0.478 e. The van der Waals surface area contributed by atoms with E-state index < -0.39 is 17.8 Å². The number of aryl methyl sites for hydroxylation is 1. The molecule has 0 aliphatic carbocycles. The summed E-state index contributed by atoms with van der Waals surface area (Å²) in [4.78, 5) is 23.5. The second-order valence-electron chi connectivity index (χ2n) is 7.12. The van der Waals surface area contributed by atoms with Crippen LogP contribution in [0.25, 0.3) is 33.8 Å². The molecular weight excluding hydrogens is 419 g/mol. The molecule has 1 N–H and O–H groups in total. The van der Waals surface area contributed by atoms with Crippen LogP contribution in [-0.2, 0) is 6.18 Å². The van der Waals surface area contributed by atoms with Crippen LogP contribution in [0.5, 0.6) is 0 Å². The Kier molecular flexibility index (Phi) is 5.44. The van der Waals surface area contributed by atoms with Gasteiger partial charge in [0, 0.05) is 23.5 Å². The van der Waals surface area contributed by atoms with Gasteiger partial charge in [-0.25, -0.2) is 14.8 Å². The number of aromatic carboxylic acids is 1. The van der Waals surface area contributed by atoms with E-state index in [1.165, 1.54) is 18.5 Å². The smallest absolute Gasteiger partial charge is 0.433 e. The molecule has 0 atom stereocenters. The second kappa shape index (κ2) is 8.22. The van der Waals surface area contributed by atoms with E-state index in [0.717, 1.165) is 6.07 Å². The van der Waals surface area contributed by atoms with Crippen LogP contribution in [0.2, 0.25) is 0 Å². The van der Waals surface area contributed by atoms with Gasteiger partial charge >= 0.3 is 12.1 Å². The van der Waals surface area contributed by atoms with Crippen LogP contribution in [0.15, 0.2) is 73.1 Å². The van der Waals surface area contributed by atoms with Gasteiger partial charge < -0.3 is 5.11 Å². The first-order valence-corrected chi connectivity index (χ1v) is 9.54. The summed E-state index contributed by atoms with van der Waals surface area (Å²) in [5.41, 5.74) is 1.86. The lowest BCUT2D eigenvalue weighted by atomic mass is 9.98. The van der Waals surface area contributed by atoms with Crippen molar-refractivity contribution in [2.75, 3.05) is 0 Å². The third kappa shape index (κ3) is 4.34. The molecule has 2 aromatic heterocycles. The minimum absolute atomic E-state index is 0.0916. The van der Waals surface area contributed by atoms with Crippen molar-refractivity contribution in [1.82, 2.24) is 15.0 Å². The Morgan fingerprint density at radius 3 is 2.28 bits per heavy atom. The molecule has 0 saturated carbocycles.